The number of hydrogen-bond donors (Lipinski definition) is 2. The Labute approximate surface area is 107 Å². The van der Waals surface area contributed by atoms with E-state index in [-0.39, 0.29) is 5.91 Å². The highest BCUT2D eigenvalue weighted by atomic mass is 16.5. The second kappa shape index (κ2) is 7.81. The van der Waals surface area contributed by atoms with Crippen molar-refractivity contribution in [3.05, 3.63) is 12.2 Å². The molecule has 0 saturated heterocycles. The maximum Gasteiger partial charge on any atom is 0.220 e. The average molecular weight is 254 g/mol. The van der Waals surface area contributed by atoms with Crippen LogP contribution in [-0.4, -0.2) is 22.6 Å². The fraction of sp³-hybridized carbons (Fsp3) is 0.750. The Bertz CT molecular complexity index is 338. The van der Waals surface area contributed by atoms with Crippen molar-refractivity contribution in [1.29, 1.82) is 0 Å². The topological polar surface area (TPSA) is 94.0 Å². The van der Waals surface area contributed by atoms with Crippen molar-refractivity contribution in [2.45, 2.75) is 39.7 Å². The molecule has 1 rings (SSSR count). The van der Waals surface area contributed by atoms with Gasteiger partial charge in [0.2, 0.25) is 12.3 Å². The largest absolute Gasteiger partial charge is 0.349 e. The molecule has 6 heteroatoms. The Morgan fingerprint density at radius 2 is 2.28 bits per heavy atom. The van der Waals surface area contributed by atoms with Crippen LogP contribution < -0.4 is 11.1 Å². The molecule has 0 bridgehead atoms. The van der Waals surface area contributed by atoms with Crippen molar-refractivity contribution in [2.75, 3.05) is 6.54 Å². The highest BCUT2D eigenvalue weighted by molar-refractivity contribution is 5.75. The lowest BCUT2D eigenvalue weighted by atomic mass is 9.88. The quantitative estimate of drug-likeness (QED) is 0.724. The molecule has 18 heavy (non-hydrogen) atoms. The molecule has 6 nitrogen and oxygen atoms in total. The van der Waals surface area contributed by atoms with Crippen molar-refractivity contribution >= 4 is 5.91 Å². The fourth-order valence-corrected chi connectivity index (χ4v) is 1.88. The van der Waals surface area contributed by atoms with Gasteiger partial charge < -0.3 is 15.6 Å². The number of nitrogens with one attached hydrogen (secondary N) is 1. The first-order valence-corrected chi connectivity index (χ1v) is 6.35. The summed E-state index contributed by atoms with van der Waals surface area (Å²) in [5.41, 5.74) is 5.57. The second-order valence-electron chi connectivity index (χ2n) is 4.74. The molecule has 1 atom stereocenters. The molecule has 1 aromatic rings. The number of nitrogens with two attached hydrogens (primary N) is 1. The first kappa shape index (κ1) is 14.6. The molecular weight excluding hydrogens is 232 g/mol. The lowest BCUT2D eigenvalue weighted by molar-refractivity contribution is -0.121. The Hall–Kier alpha value is -1.43. The van der Waals surface area contributed by atoms with Gasteiger partial charge in [-0.2, -0.15) is 4.98 Å². The van der Waals surface area contributed by atoms with Crippen LogP contribution >= 0.6 is 0 Å². The van der Waals surface area contributed by atoms with Crippen molar-refractivity contribution < 1.29 is 9.32 Å². The van der Waals surface area contributed by atoms with Crippen molar-refractivity contribution in [1.82, 2.24) is 15.5 Å². The zero-order valence-electron chi connectivity index (χ0n) is 11.1. The number of amides is 1. The minimum absolute atomic E-state index is 0.0162. The van der Waals surface area contributed by atoms with E-state index in [1.165, 1.54) is 6.39 Å². The van der Waals surface area contributed by atoms with Crippen LogP contribution in [0.2, 0.25) is 0 Å². The maximum atomic E-state index is 11.6. The van der Waals surface area contributed by atoms with Crippen LogP contribution in [0.25, 0.3) is 0 Å². The lowest BCUT2D eigenvalue weighted by Crippen LogP contribution is -2.25. The first-order chi connectivity index (χ1) is 8.63. The lowest BCUT2D eigenvalue weighted by Gasteiger charge is -2.19. The van der Waals surface area contributed by atoms with E-state index in [1.54, 1.807) is 0 Å². The van der Waals surface area contributed by atoms with Crippen LogP contribution in [0.1, 0.15) is 38.9 Å². The molecule has 1 aromatic heterocycles. The van der Waals surface area contributed by atoms with Gasteiger partial charge >= 0.3 is 0 Å². The normalized spacial score (nSPS) is 12.7. The SMILES string of the molecule is CC(C)C(CCN)CCC(=O)NCc1ncon1. The number of rotatable bonds is 8. The molecule has 1 heterocycles. The Balaban J connectivity index is 2.23. The summed E-state index contributed by atoms with van der Waals surface area (Å²) < 4.78 is 4.58. The van der Waals surface area contributed by atoms with Crippen molar-refractivity contribution in [3.63, 3.8) is 0 Å². The minimum Gasteiger partial charge on any atom is -0.349 e. The second-order valence-corrected chi connectivity index (χ2v) is 4.74. The van der Waals surface area contributed by atoms with E-state index in [1.807, 2.05) is 0 Å². The van der Waals surface area contributed by atoms with Gasteiger partial charge in [0.25, 0.3) is 0 Å². The molecule has 0 saturated carbocycles. The summed E-state index contributed by atoms with van der Waals surface area (Å²) in [7, 11) is 0. The van der Waals surface area contributed by atoms with Gasteiger partial charge in [-0.1, -0.05) is 19.0 Å². The summed E-state index contributed by atoms with van der Waals surface area (Å²) in [5.74, 6) is 1.57. The summed E-state index contributed by atoms with van der Waals surface area (Å²) in [6.07, 6.45) is 3.60. The summed E-state index contributed by atoms with van der Waals surface area (Å²) in [5, 5.41) is 6.39. The summed E-state index contributed by atoms with van der Waals surface area (Å²) in [6, 6.07) is 0. The van der Waals surface area contributed by atoms with Gasteiger partial charge in [-0.3, -0.25) is 4.79 Å². The zero-order chi connectivity index (χ0) is 13.4. The van der Waals surface area contributed by atoms with Gasteiger partial charge in [0.15, 0.2) is 5.82 Å². The van der Waals surface area contributed by atoms with Crippen LogP contribution in [-0.2, 0) is 11.3 Å². The summed E-state index contributed by atoms with van der Waals surface area (Å²) in [4.78, 5) is 15.5. The molecule has 0 aliphatic heterocycles. The molecule has 3 N–H and O–H groups in total. The van der Waals surface area contributed by atoms with Crippen molar-refractivity contribution in [3.8, 4) is 0 Å². The molecular formula is C12H22N4O2. The molecule has 0 fully saturated rings. The van der Waals surface area contributed by atoms with Crippen LogP contribution in [0.4, 0.5) is 0 Å². The molecule has 0 spiro atoms. The average Bonchev–Trinajstić information content (AvgIpc) is 2.84. The Kier molecular flexibility index (Phi) is 6.35. The van der Waals surface area contributed by atoms with Crippen LogP contribution in [0.5, 0.6) is 0 Å². The fourth-order valence-electron chi connectivity index (χ4n) is 1.88. The third kappa shape index (κ3) is 5.27. The summed E-state index contributed by atoms with van der Waals surface area (Å²) in [6.45, 7) is 5.32. The van der Waals surface area contributed by atoms with E-state index in [0.717, 1.165) is 12.8 Å². The third-order valence-electron chi connectivity index (χ3n) is 3.07. The van der Waals surface area contributed by atoms with Gasteiger partial charge in [-0.05, 0) is 31.2 Å². The number of carbonyl (C=O) groups excluding carboxylic acids is 1. The van der Waals surface area contributed by atoms with Crippen LogP contribution in [0.3, 0.4) is 0 Å². The van der Waals surface area contributed by atoms with Crippen molar-refractivity contribution in [2.24, 2.45) is 17.6 Å². The monoisotopic (exact) mass is 254 g/mol. The molecule has 0 radical (unpaired) electrons. The molecule has 0 aromatic carbocycles. The summed E-state index contributed by atoms with van der Waals surface area (Å²) >= 11 is 0. The molecule has 0 aliphatic carbocycles. The van der Waals surface area contributed by atoms with E-state index in [0.29, 0.717) is 37.2 Å². The van der Waals surface area contributed by atoms with Gasteiger partial charge in [0.05, 0.1) is 6.54 Å². The van der Waals surface area contributed by atoms with Crippen LogP contribution in [0.15, 0.2) is 10.9 Å². The number of aromatic nitrogens is 2. The van der Waals surface area contributed by atoms with E-state index in [2.05, 4.69) is 33.8 Å². The third-order valence-corrected chi connectivity index (χ3v) is 3.07. The maximum absolute atomic E-state index is 11.6. The smallest absolute Gasteiger partial charge is 0.220 e. The van der Waals surface area contributed by atoms with E-state index >= 15 is 0 Å². The molecule has 1 unspecified atom stereocenters. The van der Waals surface area contributed by atoms with Crippen LogP contribution in [0, 0.1) is 11.8 Å². The Morgan fingerprint density at radius 3 is 2.83 bits per heavy atom. The van der Waals surface area contributed by atoms with Gasteiger partial charge in [0.1, 0.15) is 0 Å². The van der Waals surface area contributed by atoms with Gasteiger partial charge in [-0.25, -0.2) is 0 Å². The number of hydrogen-bond acceptors (Lipinski definition) is 5. The number of nitrogens with zero attached hydrogens (tertiary/aromatic N) is 2. The zero-order valence-corrected chi connectivity index (χ0v) is 11.1. The highest BCUT2D eigenvalue weighted by Gasteiger charge is 2.14. The predicted molar refractivity (Wildman–Crippen MR) is 67.4 cm³/mol. The Morgan fingerprint density at radius 1 is 1.50 bits per heavy atom. The first-order valence-electron chi connectivity index (χ1n) is 6.35. The standard InChI is InChI=1S/C12H22N4O2/c1-9(2)10(5-6-13)3-4-12(17)14-7-11-15-8-18-16-11/h8-10H,3-7,13H2,1-2H3,(H,14,17). The minimum atomic E-state index is 0.0162. The molecule has 0 aliphatic rings. The van der Waals surface area contributed by atoms with E-state index in [9.17, 15) is 4.79 Å². The van der Waals surface area contributed by atoms with E-state index < -0.39 is 0 Å². The predicted octanol–water partition coefficient (Wildman–Crippen LogP) is 1.09. The molecule has 102 valence electrons. The number of carbonyl (C=O) groups is 1. The van der Waals surface area contributed by atoms with E-state index in [4.69, 9.17) is 5.73 Å². The molecule has 1 amide bonds. The van der Waals surface area contributed by atoms with Gasteiger partial charge in [-0.15, -0.1) is 0 Å². The van der Waals surface area contributed by atoms with Gasteiger partial charge in [0, 0.05) is 6.42 Å². The highest BCUT2D eigenvalue weighted by Crippen LogP contribution is 2.20.